The molecule has 1 N–H and O–H groups in total. The van der Waals surface area contributed by atoms with Crippen molar-refractivity contribution in [2.45, 2.75) is 20.4 Å². The molecule has 3 heterocycles. The molecule has 0 radical (unpaired) electrons. The number of rotatable bonds is 7. The zero-order valence-corrected chi connectivity index (χ0v) is 16.3. The number of nitrogens with one attached hydrogen (secondary N) is 1. The number of carbonyl (C=O) groups excluding carboxylic acids is 1. The Kier molecular flexibility index (Phi) is 6.36. The van der Waals surface area contributed by atoms with Gasteiger partial charge in [0.1, 0.15) is 12.4 Å². The average molecular weight is 387 g/mol. The molecule has 0 fully saturated rings. The van der Waals surface area contributed by atoms with Crippen LogP contribution in [0, 0.1) is 6.92 Å². The molecule has 1 amide bonds. The number of aromatic nitrogens is 4. The second-order valence-corrected chi connectivity index (χ2v) is 6.18. The van der Waals surface area contributed by atoms with Crippen LogP contribution in [0.5, 0.6) is 0 Å². The maximum absolute atomic E-state index is 12.3. The summed E-state index contributed by atoms with van der Waals surface area (Å²) < 4.78 is 1.72. The minimum Gasteiger partial charge on any atom is -0.327 e. The van der Waals surface area contributed by atoms with Gasteiger partial charge in [-0.15, -0.1) is 0 Å². The molecule has 0 aliphatic rings. The number of pyridine rings is 2. The van der Waals surface area contributed by atoms with Crippen LogP contribution in [0.2, 0.25) is 0 Å². The van der Waals surface area contributed by atoms with Crippen molar-refractivity contribution in [3.8, 4) is 11.3 Å². The fraction of sp³-hybridized carbons (Fsp3) is 0.143. The molecule has 0 spiro atoms. The lowest BCUT2D eigenvalue weighted by Crippen LogP contribution is -2.18. The minimum absolute atomic E-state index is 0.131. The van der Waals surface area contributed by atoms with E-state index in [4.69, 9.17) is 0 Å². The highest BCUT2D eigenvalue weighted by Crippen LogP contribution is 2.18. The molecule has 146 valence electrons. The number of nitrogens with zero attached hydrogens (tertiary/aromatic N) is 6. The topological polar surface area (TPSA) is 97.4 Å². The molecule has 0 aromatic carbocycles. The molecule has 3 aromatic heterocycles. The number of anilines is 1. The largest absolute Gasteiger partial charge is 0.327 e. The Morgan fingerprint density at radius 2 is 2.14 bits per heavy atom. The van der Waals surface area contributed by atoms with Gasteiger partial charge in [-0.05, 0) is 44.8 Å². The SMILES string of the molecule is C=N/C=C(\N=CC)c1ccc(NC(=O)Cn2cnc(-c3ccnc(C)c3)c2)nc1. The highest BCUT2D eigenvalue weighted by Gasteiger charge is 2.08. The minimum atomic E-state index is -0.199. The maximum atomic E-state index is 12.3. The number of aliphatic imine (C=N–C) groups is 2. The molecule has 0 saturated carbocycles. The molecule has 0 aliphatic heterocycles. The van der Waals surface area contributed by atoms with E-state index in [2.05, 4.69) is 37.0 Å². The quantitative estimate of drug-likeness (QED) is 0.629. The summed E-state index contributed by atoms with van der Waals surface area (Å²) in [4.78, 5) is 33.1. The Morgan fingerprint density at radius 1 is 1.28 bits per heavy atom. The van der Waals surface area contributed by atoms with Crippen LogP contribution in [0.4, 0.5) is 5.82 Å². The lowest BCUT2D eigenvalue weighted by Gasteiger charge is -2.06. The lowest BCUT2D eigenvalue weighted by atomic mass is 10.2. The molecule has 0 saturated heterocycles. The molecule has 29 heavy (non-hydrogen) atoms. The molecular weight excluding hydrogens is 366 g/mol. The number of hydrogen-bond acceptors (Lipinski definition) is 6. The third-order valence-electron chi connectivity index (χ3n) is 3.96. The highest BCUT2D eigenvalue weighted by molar-refractivity contribution is 5.89. The number of carbonyl (C=O) groups is 1. The molecule has 3 aromatic rings. The van der Waals surface area contributed by atoms with E-state index in [1.165, 1.54) is 0 Å². The number of hydrogen-bond donors (Lipinski definition) is 1. The Balaban J connectivity index is 1.64. The molecular formula is C21H21N7O. The van der Waals surface area contributed by atoms with Crippen molar-refractivity contribution >= 4 is 30.4 Å². The van der Waals surface area contributed by atoms with E-state index in [1.54, 1.807) is 41.8 Å². The average Bonchev–Trinajstić information content (AvgIpc) is 3.17. The van der Waals surface area contributed by atoms with E-state index < -0.39 is 0 Å². The molecule has 8 heteroatoms. The summed E-state index contributed by atoms with van der Waals surface area (Å²) >= 11 is 0. The van der Waals surface area contributed by atoms with Gasteiger partial charge in [0.25, 0.3) is 0 Å². The van der Waals surface area contributed by atoms with Crippen molar-refractivity contribution in [2.75, 3.05) is 5.32 Å². The van der Waals surface area contributed by atoms with Crippen LogP contribution in [0.1, 0.15) is 18.2 Å². The van der Waals surface area contributed by atoms with E-state index in [0.717, 1.165) is 22.5 Å². The zero-order chi connectivity index (χ0) is 20.6. The standard InChI is InChI=1S/C21H21N7O/c1-4-23-18(11-22-3)17-5-6-20(25-10-17)27-21(29)13-28-12-19(26-14-28)16-7-8-24-15(2)9-16/h4-12,14H,3,13H2,1-2H3,(H,25,27,29)/b18-11-,23-4?. The second-order valence-electron chi connectivity index (χ2n) is 6.18. The molecule has 3 rings (SSSR count). The Labute approximate surface area is 168 Å². The van der Waals surface area contributed by atoms with Gasteiger partial charge in [-0.1, -0.05) is 0 Å². The zero-order valence-electron chi connectivity index (χ0n) is 16.3. The fourth-order valence-electron chi connectivity index (χ4n) is 2.68. The van der Waals surface area contributed by atoms with Crippen molar-refractivity contribution in [3.05, 3.63) is 66.6 Å². The van der Waals surface area contributed by atoms with Gasteiger partial charge in [-0.2, -0.15) is 0 Å². The summed E-state index contributed by atoms with van der Waals surface area (Å²) in [6.07, 6.45) is 10.0. The van der Waals surface area contributed by atoms with E-state index >= 15 is 0 Å². The van der Waals surface area contributed by atoms with Gasteiger partial charge in [-0.3, -0.25) is 19.8 Å². The van der Waals surface area contributed by atoms with Crippen LogP contribution in [0.25, 0.3) is 17.0 Å². The number of aryl methyl sites for hydroxylation is 1. The van der Waals surface area contributed by atoms with E-state index in [9.17, 15) is 4.79 Å². The lowest BCUT2D eigenvalue weighted by molar-refractivity contribution is -0.116. The predicted molar refractivity (Wildman–Crippen MR) is 115 cm³/mol. The van der Waals surface area contributed by atoms with Crippen LogP contribution in [0.3, 0.4) is 0 Å². The van der Waals surface area contributed by atoms with Crippen molar-refractivity contribution in [3.63, 3.8) is 0 Å². The number of amides is 1. The summed E-state index contributed by atoms with van der Waals surface area (Å²) in [5, 5.41) is 2.78. The van der Waals surface area contributed by atoms with Crippen molar-refractivity contribution in [1.29, 1.82) is 0 Å². The number of imidazole rings is 1. The Morgan fingerprint density at radius 3 is 2.83 bits per heavy atom. The Bertz CT molecular complexity index is 1060. The van der Waals surface area contributed by atoms with Gasteiger partial charge in [-0.25, -0.2) is 9.97 Å². The van der Waals surface area contributed by atoms with Crippen molar-refractivity contribution < 1.29 is 4.79 Å². The van der Waals surface area contributed by atoms with Crippen molar-refractivity contribution in [2.24, 2.45) is 9.98 Å². The predicted octanol–water partition coefficient (Wildman–Crippen LogP) is 3.38. The summed E-state index contributed by atoms with van der Waals surface area (Å²) in [5.74, 6) is 0.255. The molecule has 0 bridgehead atoms. The van der Waals surface area contributed by atoms with E-state index in [1.807, 2.05) is 38.2 Å². The summed E-state index contributed by atoms with van der Waals surface area (Å²) in [7, 11) is 0. The normalized spacial score (nSPS) is 11.6. The van der Waals surface area contributed by atoms with Gasteiger partial charge in [0.2, 0.25) is 5.91 Å². The van der Waals surface area contributed by atoms with Crippen LogP contribution in [0.15, 0.2) is 65.4 Å². The molecule has 0 atom stereocenters. The molecule has 0 unspecified atom stereocenters. The molecule has 8 nitrogen and oxygen atoms in total. The third-order valence-corrected chi connectivity index (χ3v) is 3.96. The van der Waals surface area contributed by atoms with Crippen LogP contribution < -0.4 is 5.32 Å². The van der Waals surface area contributed by atoms with Gasteiger partial charge in [0.05, 0.1) is 23.9 Å². The van der Waals surface area contributed by atoms with Gasteiger partial charge in [0, 0.05) is 41.6 Å². The molecule has 0 aliphatic carbocycles. The first-order chi connectivity index (χ1) is 14.1. The summed E-state index contributed by atoms with van der Waals surface area (Å²) in [5.41, 5.74) is 4.08. The Hall–Kier alpha value is -3.94. The van der Waals surface area contributed by atoms with Gasteiger partial charge >= 0.3 is 0 Å². The smallest absolute Gasteiger partial charge is 0.245 e. The first kappa shape index (κ1) is 19.8. The van der Waals surface area contributed by atoms with E-state index in [-0.39, 0.29) is 12.5 Å². The summed E-state index contributed by atoms with van der Waals surface area (Å²) in [6.45, 7) is 7.31. The van der Waals surface area contributed by atoms with Crippen LogP contribution in [-0.2, 0) is 11.3 Å². The maximum Gasteiger partial charge on any atom is 0.245 e. The first-order valence-corrected chi connectivity index (χ1v) is 8.95. The fourth-order valence-corrected chi connectivity index (χ4v) is 2.68. The second kappa shape index (κ2) is 9.32. The van der Waals surface area contributed by atoms with Gasteiger partial charge < -0.3 is 9.88 Å². The third kappa shape index (κ3) is 5.29. The monoisotopic (exact) mass is 387 g/mol. The van der Waals surface area contributed by atoms with Crippen LogP contribution >= 0.6 is 0 Å². The van der Waals surface area contributed by atoms with Crippen LogP contribution in [-0.4, -0.2) is 38.4 Å². The van der Waals surface area contributed by atoms with E-state index in [0.29, 0.717) is 11.5 Å². The van der Waals surface area contributed by atoms with Crippen molar-refractivity contribution in [1.82, 2.24) is 19.5 Å². The first-order valence-electron chi connectivity index (χ1n) is 8.95. The highest BCUT2D eigenvalue weighted by atomic mass is 16.2. The summed E-state index contributed by atoms with van der Waals surface area (Å²) in [6, 6.07) is 7.37. The van der Waals surface area contributed by atoms with Gasteiger partial charge in [0.15, 0.2) is 0 Å².